The van der Waals surface area contributed by atoms with Gasteiger partial charge in [-0.2, -0.15) is 0 Å². The highest BCUT2D eigenvalue weighted by molar-refractivity contribution is 6.05. The lowest BCUT2D eigenvalue weighted by Crippen LogP contribution is -2.52. The number of nitrogens with one attached hydrogen (secondary N) is 1. The molecule has 10 heteroatoms. The minimum Gasteiger partial charge on any atom is -0.508 e. The fourth-order valence-corrected chi connectivity index (χ4v) is 7.48. The minimum absolute atomic E-state index is 0.160. The van der Waals surface area contributed by atoms with Crippen LogP contribution in [-0.4, -0.2) is 88.7 Å². The summed E-state index contributed by atoms with van der Waals surface area (Å²) in [7, 11) is 0. The molecule has 0 aliphatic carbocycles. The van der Waals surface area contributed by atoms with Crippen LogP contribution in [0.3, 0.4) is 0 Å². The first-order chi connectivity index (χ1) is 26.5. The topological polar surface area (TPSA) is 123 Å². The maximum absolute atomic E-state index is 13.1. The number of allylic oxidation sites excluding steroid dienone is 6. The fraction of sp³-hybridized carbons (Fsp3) is 0.356. The predicted molar refractivity (Wildman–Crippen MR) is 216 cm³/mol. The van der Waals surface area contributed by atoms with Crippen LogP contribution in [0, 0.1) is 0 Å². The molecule has 288 valence electrons. The summed E-state index contributed by atoms with van der Waals surface area (Å²) in [5.41, 5.74) is 6.01. The standard InChI is InChI=1S/C45H52N4O6/c1-4-6-7-8-9-32(5-2)42(33-10-15-37(50)16-11-33)34-12-17-38(18-13-34)55-29-23-45(3,54)22-24-47-25-27-48(28-26-47)36-14-19-39-35(30-36)31-49(44(39)53)40-20-21-41(51)46-43(40)52/h4,6-19,30,40,50,54H,1,5,20-29,31H2,2-3H3,(H,46,51,52)/b7-6-,9-8+,42-32-. The highest BCUT2D eigenvalue weighted by atomic mass is 16.5. The largest absolute Gasteiger partial charge is 0.508 e. The van der Waals surface area contributed by atoms with Crippen molar-refractivity contribution in [3.8, 4) is 11.5 Å². The van der Waals surface area contributed by atoms with Crippen molar-refractivity contribution < 1.29 is 29.3 Å². The van der Waals surface area contributed by atoms with E-state index in [1.807, 2.05) is 61.5 Å². The van der Waals surface area contributed by atoms with E-state index in [1.165, 1.54) is 0 Å². The quantitative estimate of drug-likeness (QED) is 0.121. The molecular weight excluding hydrogens is 693 g/mol. The number of phenols is 1. The summed E-state index contributed by atoms with van der Waals surface area (Å²) >= 11 is 0. The molecule has 6 rings (SSSR count). The van der Waals surface area contributed by atoms with Crippen LogP contribution in [0.25, 0.3) is 5.57 Å². The Hall–Kier alpha value is -5.45. The molecular formula is C45H52N4O6. The average molecular weight is 745 g/mol. The number of ether oxygens (including phenoxy) is 1. The Morgan fingerprint density at radius 3 is 2.33 bits per heavy atom. The number of imide groups is 1. The summed E-state index contributed by atoms with van der Waals surface area (Å²) in [4.78, 5) is 43.4. The number of nitrogens with zero attached hydrogens (tertiary/aromatic N) is 3. The Morgan fingerprint density at radius 2 is 1.65 bits per heavy atom. The van der Waals surface area contributed by atoms with Crippen molar-refractivity contribution in [1.82, 2.24) is 15.1 Å². The molecule has 3 aromatic rings. The van der Waals surface area contributed by atoms with E-state index >= 15 is 0 Å². The van der Waals surface area contributed by atoms with Crippen molar-refractivity contribution in [3.05, 3.63) is 132 Å². The van der Waals surface area contributed by atoms with E-state index < -0.39 is 17.6 Å². The third-order valence-corrected chi connectivity index (χ3v) is 10.8. The second-order valence-electron chi connectivity index (χ2n) is 14.7. The van der Waals surface area contributed by atoms with Gasteiger partial charge in [0, 0.05) is 63.4 Å². The molecule has 3 N–H and O–H groups in total. The molecule has 2 saturated heterocycles. The monoisotopic (exact) mass is 744 g/mol. The molecule has 2 fully saturated rings. The molecule has 3 aromatic carbocycles. The third-order valence-electron chi connectivity index (χ3n) is 10.8. The second kappa shape index (κ2) is 17.8. The lowest BCUT2D eigenvalue weighted by molar-refractivity contribution is -0.136. The fourth-order valence-electron chi connectivity index (χ4n) is 7.48. The molecule has 0 radical (unpaired) electrons. The molecule has 10 nitrogen and oxygen atoms in total. The van der Waals surface area contributed by atoms with E-state index in [0.29, 0.717) is 38.0 Å². The first-order valence-corrected chi connectivity index (χ1v) is 19.2. The summed E-state index contributed by atoms with van der Waals surface area (Å²) < 4.78 is 6.10. The van der Waals surface area contributed by atoms with Crippen molar-refractivity contribution in [2.45, 2.75) is 64.1 Å². The van der Waals surface area contributed by atoms with Crippen LogP contribution in [0.5, 0.6) is 11.5 Å². The van der Waals surface area contributed by atoms with Crippen LogP contribution >= 0.6 is 0 Å². The van der Waals surface area contributed by atoms with Gasteiger partial charge in [-0.15, -0.1) is 0 Å². The Bertz CT molecular complexity index is 1960. The average Bonchev–Trinajstić information content (AvgIpc) is 3.51. The first kappa shape index (κ1) is 39.2. The molecule has 3 aliphatic rings. The molecule has 0 aromatic heterocycles. The summed E-state index contributed by atoms with van der Waals surface area (Å²) in [6.07, 6.45) is 12.2. The SMILES string of the molecule is C=C\C=C/C=C/C(CC)=C(/c1ccc(O)cc1)c1ccc(OCCC(C)(O)CCN2CCN(c3ccc4c(c3)CN(C3CCC(=O)NC3=O)C4=O)CC2)cc1. The molecule has 0 saturated carbocycles. The molecule has 0 bridgehead atoms. The predicted octanol–water partition coefficient (Wildman–Crippen LogP) is 6.40. The van der Waals surface area contributed by atoms with Gasteiger partial charge in [-0.05, 0) is 96.5 Å². The Balaban J connectivity index is 0.974. The maximum Gasteiger partial charge on any atom is 0.255 e. The molecule has 3 aliphatic heterocycles. The number of piperazine rings is 1. The van der Waals surface area contributed by atoms with Crippen LogP contribution in [0.1, 0.15) is 73.0 Å². The summed E-state index contributed by atoms with van der Waals surface area (Å²) in [6.45, 7) is 12.6. The summed E-state index contributed by atoms with van der Waals surface area (Å²) in [5.74, 6) is 0.114. The van der Waals surface area contributed by atoms with Crippen LogP contribution in [0.4, 0.5) is 5.69 Å². The van der Waals surface area contributed by atoms with Gasteiger partial charge < -0.3 is 24.7 Å². The zero-order chi connectivity index (χ0) is 39.0. The van der Waals surface area contributed by atoms with E-state index in [4.69, 9.17) is 4.74 Å². The number of phenolic OH excluding ortho intramolecular Hbond substituents is 1. The smallest absolute Gasteiger partial charge is 0.255 e. The molecule has 55 heavy (non-hydrogen) atoms. The number of benzene rings is 3. The summed E-state index contributed by atoms with van der Waals surface area (Å²) in [5, 5.41) is 23.5. The van der Waals surface area contributed by atoms with E-state index in [9.17, 15) is 24.6 Å². The highest BCUT2D eigenvalue weighted by Crippen LogP contribution is 2.33. The van der Waals surface area contributed by atoms with Crippen molar-refractivity contribution in [2.75, 3.05) is 44.2 Å². The number of carbonyl (C=O) groups excluding carboxylic acids is 3. The van der Waals surface area contributed by atoms with Gasteiger partial charge in [-0.25, -0.2) is 0 Å². The zero-order valence-corrected chi connectivity index (χ0v) is 31.9. The molecule has 3 amide bonds. The van der Waals surface area contributed by atoms with Crippen LogP contribution in [-0.2, 0) is 16.1 Å². The van der Waals surface area contributed by atoms with Gasteiger partial charge in [-0.1, -0.05) is 68.1 Å². The number of anilines is 1. The minimum atomic E-state index is -0.880. The van der Waals surface area contributed by atoms with Gasteiger partial charge in [0.2, 0.25) is 11.8 Å². The number of aliphatic hydroxyl groups is 1. The number of fused-ring (bicyclic) bond motifs is 1. The molecule has 2 atom stereocenters. The number of aromatic hydroxyl groups is 1. The third kappa shape index (κ3) is 9.81. The van der Waals surface area contributed by atoms with Crippen LogP contribution < -0.4 is 15.0 Å². The Labute approximate surface area is 324 Å². The second-order valence-corrected chi connectivity index (χ2v) is 14.7. The van der Waals surface area contributed by atoms with Gasteiger partial charge in [0.25, 0.3) is 5.91 Å². The van der Waals surface area contributed by atoms with E-state index in [-0.39, 0.29) is 24.0 Å². The van der Waals surface area contributed by atoms with Crippen LogP contribution in [0.15, 0.2) is 109 Å². The van der Waals surface area contributed by atoms with Gasteiger partial charge in [0.15, 0.2) is 0 Å². The summed E-state index contributed by atoms with van der Waals surface area (Å²) in [6, 6.07) is 20.6. The Kier molecular flexibility index (Phi) is 12.7. The number of rotatable bonds is 15. The Morgan fingerprint density at radius 1 is 0.945 bits per heavy atom. The van der Waals surface area contributed by atoms with Crippen molar-refractivity contribution in [3.63, 3.8) is 0 Å². The number of hydrogen-bond donors (Lipinski definition) is 3. The van der Waals surface area contributed by atoms with Gasteiger partial charge in [-0.3, -0.25) is 24.6 Å². The van der Waals surface area contributed by atoms with E-state index in [0.717, 1.165) is 78.4 Å². The van der Waals surface area contributed by atoms with Crippen LogP contribution in [0.2, 0.25) is 0 Å². The number of carbonyl (C=O) groups is 3. The highest BCUT2D eigenvalue weighted by Gasteiger charge is 2.39. The van der Waals surface area contributed by atoms with Crippen molar-refractivity contribution in [1.29, 1.82) is 0 Å². The van der Waals surface area contributed by atoms with Crippen molar-refractivity contribution in [2.24, 2.45) is 0 Å². The number of amides is 3. The lowest BCUT2D eigenvalue weighted by atomic mass is 9.91. The zero-order valence-electron chi connectivity index (χ0n) is 31.9. The van der Waals surface area contributed by atoms with E-state index in [2.05, 4.69) is 52.9 Å². The maximum atomic E-state index is 13.1. The lowest BCUT2D eigenvalue weighted by Gasteiger charge is -2.37. The number of piperidine rings is 1. The van der Waals surface area contributed by atoms with Crippen molar-refractivity contribution >= 4 is 29.0 Å². The van der Waals surface area contributed by atoms with Gasteiger partial charge in [0.05, 0.1) is 12.2 Å². The molecule has 3 heterocycles. The number of hydrogen-bond acceptors (Lipinski definition) is 8. The van der Waals surface area contributed by atoms with Gasteiger partial charge in [0.1, 0.15) is 17.5 Å². The molecule has 2 unspecified atom stereocenters. The van der Waals surface area contributed by atoms with Gasteiger partial charge >= 0.3 is 0 Å². The molecule has 0 spiro atoms. The first-order valence-electron chi connectivity index (χ1n) is 19.2. The normalized spacial score (nSPS) is 19.4. The van der Waals surface area contributed by atoms with E-state index in [1.54, 1.807) is 23.1 Å².